The molecule has 1 N–H and O–H groups in total. The van der Waals surface area contributed by atoms with Gasteiger partial charge in [0, 0.05) is 24.4 Å². The van der Waals surface area contributed by atoms with Gasteiger partial charge in [0.2, 0.25) is 0 Å². The van der Waals surface area contributed by atoms with Crippen molar-refractivity contribution in [2.24, 2.45) is 5.41 Å². The zero-order valence-corrected chi connectivity index (χ0v) is 14.8. The molecule has 0 aliphatic rings. The number of imidazole rings is 1. The second-order valence-electron chi connectivity index (χ2n) is 6.91. The minimum atomic E-state index is -0.864. The highest BCUT2D eigenvalue weighted by Crippen LogP contribution is 2.35. The molecule has 2 atom stereocenters. The number of benzene rings is 1. The van der Waals surface area contributed by atoms with E-state index in [0.29, 0.717) is 0 Å². The van der Waals surface area contributed by atoms with Crippen LogP contribution >= 0.6 is 0 Å². The molecule has 0 bridgehead atoms. The molecule has 1 aromatic heterocycles. The summed E-state index contributed by atoms with van der Waals surface area (Å²) in [6, 6.07) is 6.10. The molecule has 4 heteroatoms. The van der Waals surface area contributed by atoms with Gasteiger partial charge in [-0.05, 0) is 51.3 Å². The van der Waals surface area contributed by atoms with Crippen LogP contribution in [0.1, 0.15) is 62.2 Å². The Morgan fingerprint density at radius 1 is 1.26 bits per heavy atom. The molecular weight excluding hydrogens is 288 g/mol. The summed E-state index contributed by atoms with van der Waals surface area (Å²) in [6.45, 7) is 11.8. The fourth-order valence-electron chi connectivity index (χ4n) is 2.90. The van der Waals surface area contributed by atoms with Crippen LogP contribution in [0.15, 0.2) is 30.6 Å². The van der Waals surface area contributed by atoms with E-state index in [1.165, 1.54) is 16.7 Å². The quantitative estimate of drug-likeness (QED) is 0.894. The Labute approximate surface area is 138 Å². The summed E-state index contributed by atoms with van der Waals surface area (Å²) >= 11 is 0. The Kier molecular flexibility index (Phi) is 4.64. The summed E-state index contributed by atoms with van der Waals surface area (Å²) in [5.41, 5.74) is 2.89. The van der Waals surface area contributed by atoms with Gasteiger partial charge in [-0.1, -0.05) is 25.1 Å². The lowest BCUT2D eigenvalue weighted by Gasteiger charge is -2.30. The Morgan fingerprint density at radius 3 is 2.52 bits per heavy atom. The molecule has 1 heterocycles. The Balaban J connectivity index is 2.45. The van der Waals surface area contributed by atoms with Gasteiger partial charge in [-0.15, -0.1) is 0 Å². The molecule has 0 aliphatic carbocycles. The van der Waals surface area contributed by atoms with Crippen molar-refractivity contribution >= 4 is 5.97 Å². The number of hydrogen-bond donors (Lipinski definition) is 1. The Bertz CT molecular complexity index is 716. The highest BCUT2D eigenvalue weighted by atomic mass is 16.4. The molecule has 2 aromatic rings. The molecule has 124 valence electrons. The molecule has 0 aliphatic heterocycles. The normalized spacial score (nSPS) is 14.5. The topological polar surface area (TPSA) is 55.1 Å². The van der Waals surface area contributed by atoms with Gasteiger partial charge in [-0.3, -0.25) is 4.79 Å². The van der Waals surface area contributed by atoms with Crippen LogP contribution in [0.3, 0.4) is 0 Å². The standard InChI is InChI=1S/C19H26N2O2/c1-12-8-7-9-16(13(12)2)14(3)17-20-10-11-21(17)15(4)19(5,6)18(22)23/h7-11,14-15H,1-6H3,(H,22,23)/t14-,15?/m0/s1. The van der Waals surface area contributed by atoms with E-state index in [1.54, 1.807) is 20.0 Å². The number of hydrogen-bond acceptors (Lipinski definition) is 2. The number of carboxylic acids is 1. The van der Waals surface area contributed by atoms with E-state index in [0.717, 1.165) is 5.82 Å². The third-order valence-electron chi connectivity index (χ3n) is 5.21. The molecule has 0 saturated heterocycles. The zero-order chi connectivity index (χ0) is 17.4. The van der Waals surface area contributed by atoms with Crippen LogP contribution in [0.4, 0.5) is 0 Å². The molecule has 1 aromatic carbocycles. The van der Waals surface area contributed by atoms with E-state index >= 15 is 0 Å². The minimum absolute atomic E-state index is 0.108. The van der Waals surface area contributed by atoms with Crippen molar-refractivity contribution < 1.29 is 9.90 Å². The minimum Gasteiger partial charge on any atom is -0.481 e. The molecule has 0 saturated carbocycles. The van der Waals surface area contributed by atoms with Crippen LogP contribution in [0.25, 0.3) is 0 Å². The summed E-state index contributed by atoms with van der Waals surface area (Å²) in [4.78, 5) is 16.1. The average Bonchev–Trinajstić information content (AvgIpc) is 2.97. The van der Waals surface area contributed by atoms with Crippen molar-refractivity contribution in [3.63, 3.8) is 0 Å². The monoisotopic (exact) mass is 314 g/mol. The Morgan fingerprint density at radius 2 is 1.91 bits per heavy atom. The zero-order valence-electron chi connectivity index (χ0n) is 14.8. The van der Waals surface area contributed by atoms with Gasteiger partial charge in [-0.25, -0.2) is 4.98 Å². The van der Waals surface area contributed by atoms with Gasteiger partial charge < -0.3 is 9.67 Å². The lowest BCUT2D eigenvalue weighted by Crippen LogP contribution is -2.33. The van der Waals surface area contributed by atoms with E-state index in [2.05, 4.69) is 44.0 Å². The summed E-state index contributed by atoms with van der Waals surface area (Å²) in [5.74, 6) is 0.210. The van der Waals surface area contributed by atoms with E-state index in [-0.39, 0.29) is 12.0 Å². The molecule has 0 amide bonds. The van der Waals surface area contributed by atoms with E-state index < -0.39 is 11.4 Å². The number of aryl methyl sites for hydroxylation is 1. The maximum Gasteiger partial charge on any atom is 0.311 e. The molecule has 4 nitrogen and oxygen atoms in total. The van der Waals surface area contributed by atoms with Gasteiger partial charge in [0.15, 0.2) is 0 Å². The van der Waals surface area contributed by atoms with Crippen molar-refractivity contribution in [2.75, 3.05) is 0 Å². The number of aromatic nitrogens is 2. The molecule has 0 radical (unpaired) electrons. The van der Waals surface area contributed by atoms with Crippen LogP contribution in [0, 0.1) is 19.3 Å². The third-order valence-corrected chi connectivity index (χ3v) is 5.21. The fraction of sp³-hybridized carbons (Fsp3) is 0.474. The van der Waals surface area contributed by atoms with Crippen molar-refractivity contribution in [3.05, 3.63) is 53.1 Å². The number of rotatable bonds is 5. The maximum atomic E-state index is 11.6. The average molecular weight is 314 g/mol. The number of carboxylic acid groups (broad SMARTS) is 1. The van der Waals surface area contributed by atoms with Gasteiger partial charge in [0.05, 0.1) is 5.41 Å². The largest absolute Gasteiger partial charge is 0.481 e. The van der Waals surface area contributed by atoms with E-state index in [4.69, 9.17) is 0 Å². The van der Waals surface area contributed by atoms with Crippen LogP contribution in [-0.4, -0.2) is 20.6 Å². The van der Waals surface area contributed by atoms with Gasteiger partial charge in [0.1, 0.15) is 5.82 Å². The van der Waals surface area contributed by atoms with Crippen LogP contribution in [0.5, 0.6) is 0 Å². The van der Waals surface area contributed by atoms with Crippen LogP contribution < -0.4 is 0 Å². The smallest absolute Gasteiger partial charge is 0.311 e. The maximum absolute atomic E-state index is 11.6. The lowest BCUT2D eigenvalue weighted by atomic mass is 9.84. The Hall–Kier alpha value is -2.10. The molecule has 0 spiro atoms. The lowest BCUT2D eigenvalue weighted by molar-refractivity contribution is -0.149. The number of aliphatic carboxylic acids is 1. The molecule has 0 fully saturated rings. The first-order valence-corrected chi connectivity index (χ1v) is 8.00. The van der Waals surface area contributed by atoms with Crippen molar-refractivity contribution in [1.82, 2.24) is 9.55 Å². The summed E-state index contributed by atoms with van der Waals surface area (Å²) in [6.07, 6.45) is 3.64. The van der Waals surface area contributed by atoms with Crippen LogP contribution in [0.2, 0.25) is 0 Å². The fourth-order valence-corrected chi connectivity index (χ4v) is 2.90. The van der Waals surface area contributed by atoms with Crippen LogP contribution in [-0.2, 0) is 4.79 Å². The molecule has 2 rings (SSSR count). The van der Waals surface area contributed by atoms with Crippen molar-refractivity contribution in [1.29, 1.82) is 0 Å². The van der Waals surface area contributed by atoms with E-state index in [9.17, 15) is 9.90 Å². The van der Waals surface area contributed by atoms with Crippen molar-refractivity contribution in [2.45, 2.75) is 53.5 Å². The summed E-state index contributed by atoms with van der Waals surface area (Å²) < 4.78 is 2.00. The van der Waals surface area contributed by atoms with Gasteiger partial charge in [-0.2, -0.15) is 0 Å². The molecular formula is C19H26N2O2. The number of nitrogens with zero attached hydrogens (tertiary/aromatic N) is 2. The highest BCUT2D eigenvalue weighted by molar-refractivity contribution is 5.74. The van der Waals surface area contributed by atoms with Gasteiger partial charge in [0.25, 0.3) is 0 Å². The summed E-state index contributed by atoms with van der Waals surface area (Å²) in [7, 11) is 0. The first kappa shape index (κ1) is 17.3. The second kappa shape index (κ2) is 6.19. The molecule has 1 unspecified atom stereocenters. The first-order chi connectivity index (χ1) is 10.7. The second-order valence-corrected chi connectivity index (χ2v) is 6.91. The first-order valence-electron chi connectivity index (χ1n) is 8.00. The number of carbonyl (C=O) groups is 1. The predicted molar refractivity (Wildman–Crippen MR) is 91.8 cm³/mol. The summed E-state index contributed by atoms with van der Waals surface area (Å²) in [5, 5.41) is 9.50. The van der Waals surface area contributed by atoms with Crippen molar-refractivity contribution in [3.8, 4) is 0 Å². The predicted octanol–water partition coefficient (Wildman–Crippen LogP) is 4.32. The molecule has 23 heavy (non-hydrogen) atoms. The third kappa shape index (κ3) is 3.03. The SMILES string of the molecule is Cc1cccc([C@H](C)c2nccn2C(C)C(C)(C)C(=O)O)c1C. The van der Waals surface area contributed by atoms with E-state index in [1.807, 2.05) is 17.7 Å². The van der Waals surface area contributed by atoms with Gasteiger partial charge >= 0.3 is 5.97 Å². The highest BCUT2D eigenvalue weighted by Gasteiger charge is 2.36.